The quantitative estimate of drug-likeness (QED) is 0.903. The molecule has 1 fully saturated rings. The molecular formula is C15H21NO4S. The van der Waals surface area contributed by atoms with Crippen molar-refractivity contribution in [2.75, 3.05) is 6.54 Å². The minimum absolute atomic E-state index is 0.199. The molecule has 5 nitrogen and oxygen atoms in total. The molecule has 0 spiro atoms. The van der Waals surface area contributed by atoms with E-state index in [1.807, 2.05) is 19.9 Å². The van der Waals surface area contributed by atoms with Crippen LogP contribution < -0.4 is 0 Å². The zero-order valence-corrected chi connectivity index (χ0v) is 13.2. The Morgan fingerprint density at radius 2 is 1.95 bits per heavy atom. The van der Waals surface area contributed by atoms with E-state index in [1.165, 1.54) is 0 Å². The summed E-state index contributed by atoms with van der Waals surface area (Å²) in [5.74, 6) is -1.07. The molecule has 1 aromatic carbocycles. The maximum absolute atomic E-state index is 12.7. The maximum Gasteiger partial charge on any atom is 0.322 e. The molecule has 0 saturated carbocycles. The molecule has 2 rings (SSSR count). The molecule has 0 amide bonds. The molecule has 1 N–H and O–H groups in total. The Kier molecular flexibility index (Phi) is 4.68. The van der Waals surface area contributed by atoms with Crippen LogP contribution in [-0.2, 0) is 27.7 Å². The number of carbonyl (C=O) groups is 1. The highest BCUT2D eigenvalue weighted by Crippen LogP contribution is 2.27. The Morgan fingerprint density at radius 3 is 2.52 bits per heavy atom. The fourth-order valence-corrected chi connectivity index (χ4v) is 4.55. The standard InChI is InChI=1S/C15H21NO4S/c1-3-11-7-8-13(10-12(11)4-2)21(19,20)16-9-5-6-14(16)15(17)18/h7-8,10,14H,3-6,9H2,1-2H3,(H,17,18)/t14-/m0/s1. The van der Waals surface area contributed by atoms with Gasteiger partial charge in [-0.25, -0.2) is 8.42 Å². The molecule has 21 heavy (non-hydrogen) atoms. The van der Waals surface area contributed by atoms with Crippen molar-refractivity contribution in [1.29, 1.82) is 0 Å². The summed E-state index contributed by atoms with van der Waals surface area (Å²) in [5, 5.41) is 9.17. The van der Waals surface area contributed by atoms with Gasteiger partial charge in [0.25, 0.3) is 0 Å². The molecule has 1 saturated heterocycles. The van der Waals surface area contributed by atoms with Crippen LogP contribution >= 0.6 is 0 Å². The van der Waals surface area contributed by atoms with Crippen molar-refractivity contribution in [2.24, 2.45) is 0 Å². The van der Waals surface area contributed by atoms with Gasteiger partial charge in [0, 0.05) is 6.54 Å². The summed E-state index contributed by atoms with van der Waals surface area (Å²) in [4.78, 5) is 11.4. The lowest BCUT2D eigenvalue weighted by Crippen LogP contribution is -2.40. The number of nitrogens with zero attached hydrogens (tertiary/aromatic N) is 1. The molecule has 0 unspecified atom stereocenters. The molecule has 1 aliphatic rings. The Labute approximate surface area is 125 Å². The van der Waals surface area contributed by atoms with Crippen molar-refractivity contribution < 1.29 is 18.3 Å². The largest absolute Gasteiger partial charge is 0.480 e. The van der Waals surface area contributed by atoms with Crippen LogP contribution in [0.2, 0.25) is 0 Å². The van der Waals surface area contributed by atoms with E-state index in [4.69, 9.17) is 0 Å². The molecule has 1 atom stereocenters. The second kappa shape index (κ2) is 6.15. The number of hydrogen-bond acceptors (Lipinski definition) is 3. The first-order valence-corrected chi connectivity index (χ1v) is 8.72. The van der Waals surface area contributed by atoms with E-state index < -0.39 is 22.0 Å². The first kappa shape index (κ1) is 16.0. The summed E-state index contributed by atoms with van der Waals surface area (Å²) < 4.78 is 26.5. The van der Waals surface area contributed by atoms with Crippen LogP contribution in [0.1, 0.15) is 37.8 Å². The highest BCUT2D eigenvalue weighted by atomic mass is 32.2. The number of sulfonamides is 1. The fourth-order valence-electron chi connectivity index (χ4n) is 2.85. The first-order valence-electron chi connectivity index (χ1n) is 7.28. The van der Waals surface area contributed by atoms with E-state index in [0.717, 1.165) is 28.3 Å². The SMILES string of the molecule is CCc1ccc(S(=O)(=O)N2CCC[C@H]2C(=O)O)cc1CC. The molecule has 0 aliphatic carbocycles. The fraction of sp³-hybridized carbons (Fsp3) is 0.533. The third kappa shape index (κ3) is 2.96. The van der Waals surface area contributed by atoms with Gasteiger partial charge in [-0.2, -0.15) is 4.31 Å². The summed E-state index contributed by atoms with van der Waals surface area (Å²) in [7, 11) is -3.74. The molecule has 0 aromatic heterocycles. The van der Waals surface area contributed by atoms with Gasteiger partial charge in [0.05, 0.1) is 4.90 Å². The maximum atomic E-state index is 12.7. The molecule has 1 heterocycles. The minimum Gasteiger partial charge on any atom is -0.480 e. The van der Waals surface area contributed by atoms with E-state index >= 15 is 0 Å². The average Bonchev–Trinajstić information content (AvgIpc) is 2.96. The monoisotopic (exact) mass is 311 g/mol. The minimum atomic E-state index is -3.74. The normalized spacial score (nSPS) is 19.8. The Bertz CT molecular complexity index is 639. The van der Waals surface area contributed by atoms with E-state index in [-0.39, 0.29) is 11.4 Å². The van der Waals surface area contributed by atoms with Crippen LogP contribution in [0.3, 0.4) is 0 Å². The number of aliphatic carboxylic acids is 1. The smallest absolute Gasteiger partial charge is 0.322 e. The summed E-state index contributed by atoms with van der Waals surface area (Å²) in [6.45, 7) is 4.29. The van der Waals surface area contributed by atoms with Crippen molar-refractivity contribution in [1.82, 2.24) is 4.31 Å². The lowest BCUT2D eigenvalue weighted by atomic mass is 10.0. The number of aryl methyl sites for hydroxylation is 2. The van der Waals surface area contributed by atoms with Crippen molar-refractivity contribution in [2.45, 2.75) is 50.5 Å². The van der Waals surface area contributed by atoms with E-state index in [2.05, 4.69) is 0 Å². The van der Waals surface area contributed by atoms with Gasteiger partial charge in [-0.15, -0.1) is 0 Å². The number of rotatable bonds is 5. The van der Waals surface area contributed by atoms with Crippen LogP contribution in [0.4, 0.5) is 0 Å². The zero-order chi connectivity index (χ0) is 15.6. The van der Waals surface area contributed by atoms with E-state index in [9.17, 15) is 18.3 Å². The number of carboxylic acids is 1. The van der Waals surface area contributed by atoms with Gasteiger partial charge in [-0.1, -0.05) is 19.9 Å². The molecule has 0 radical (unpaired) electrons. The topological polar surface area (TPSA) is 74.7 Å². The molecule has 1 aliphatic heterocycles. The molecule has 6 heteroatoms. The highest BCUT2D eigenvalue weighted by molar-refractivity contribution is 7.89. The number of carboxylic acid groups (broad SMARTS) is 1. The predicted molar refractivity (Wildman–Crippen MR) is 79.7 cm³/mol. The van der Waals surface area contributed by atoms with Gasteiger partial charge in [-0.05, 0) is 48.9 Å². The van der Waals surface area contributed by atoms with Gasteiger partial charge in [0.2, 0.25) is 10.0 Å². The Hall–Kier alpha value is -1.40. The third-order valence-electron chi connectivity index (χ3n) is 4.03. The second-order valence-corrected chi connectivity index (χ2v) is 7.14. The lowest BCUT2D eigenvalue weighted by Gasteiger charge is -2.21. The van der Waals surface area contributed by atoms with Gasteiger partial charge in [0.15, 0.2) is 0 Å². The summed E-state index contributed by atoms with van der Waals surface area (Å²) in [5.41, 5.74) is 2.14. The second-order valence-electron chi connectivity index (χ2n) is 5.25. The van der Waals surface area contributed by atoms with Gasteiger partial charge < -0.3 is 5.11 Å². The van der Waals surface area contributed by atoms with Crippen LogP contribution in [-0.4, -0.2) is 36.4 Å². The average molecular weight is 311 g/mol. The predicted octanol–water partition coefficient (Wildman–Crippen LogP) is 2.05. The van der Waals surface area contributed by atoms with E-state index in [0.29, 0.717) is 12.8 Å². The zero-order valence-electron chi connectivity index (χ0n) is 12.4. The van der Waals surface area contributed by atoms with Gasteiger partial charge in [0.1, 0.15) is 6.04 Å². The molecule has 1 aromatic rings. The lowest BCUT2D eigenvalue weighted by molar-refractivity contribution is -0.140. The van der Waals surface area contributed by atoms with Crippen molar-refractivity contribution >= 4 is 16.0 Å². The van der Waals surface area contributed by atoms with Crippen LogP contribution in [0.5, 0.6) is 0 Å². The molecule has 116 valence electrons. The van der Waals surface area contributed by atoms with Crippen LogP contribution in [0.25, 0.3) is 0 Å². The number of hydrogen-bond donors (Lipinski definition) is 1. The Balaban J connectivity index is 2.42. The van der Waals surface area contributed by atoms with Gasteiger partial charge in [-0.3, -0.25) is 4.79 Å². The van der Waals surface area contributed by atoms with Crippen LogP contribution in [0.15, 0.2) is 23.1 Å². The van der Waals surface area contributed by atoms with E-state index in [1.54, 1.807) is 12.1 Å². The van der Waals surface area contributed by atoms with Crippen molar-refractivity contribution in [3.05, 3.63) is 29.3 Å². The van der Waals surface area contributed by atoms with Crippen molar-refractivity contribution in [3.8, 4) is 0 Å². The Morgan fingerprint density at radius 1 is 1.29 bits per heavy atom. The number of benzene rings is 1. The summed E-state index contributed by atoms with van der Waals surface area (Å²) in [6.07, 6.45) is 2.58. The van der Waals surface area contributed by atoms with Crippen LogP contribution in [0, 0.1) is 0 Å². The summed E-state index contributed by atoms with van der Waals surface area (Å²) >= 11 is 0. The van der Waals surface area contributed by atoms with Crippen molar-refractivity contribution in [3.63, 3.8) is 0 Å². The third-order valence-corrected chi connectivity index (χ3v) is 5.94. The molecule has 0 bridgehead atoms. The summed E-state index contributed by atoms with van der Waals surface area (Å²) in [6, 6.07) is 4.17. The van der Waals surface area contributed by atoms with Gasteiger partial charge >= 0.3 is 5.97 Å². The molecular weight excluding hydrogens is 290 g/mol. The first-order chi connectivity index (χ1) is 9.91. The highest BCUT2D eigenvalue weighted by Gasteiger charge is 2.39.